The van der Waals surface area contributed by atoms with Crippen LogP contribution in [0.1, 0.15) is 30.5 Å². The van der Waals surface area contributed by atoms with Gasteiger partial charge in [-0.3, -0.25) is 4.79 Å². The van der Waals surface area contributed by atoms with Crippen molar-refractivity contribution in [1.82, 2.24) is 0 Å². The number of hydrogen-bond acceptors (Lipinski definition) is 2. The molecule has 100 valence electrons. The van der Waals surface area contributed by atoms with Crippen LogP contribution in [0.3, 0.4) is 0 Å². The molecule has 0 spiro atoms. The fraction of sp³-hybridized carbons (Fsp3) is 0.167. The Morgan fingerprint density at radius 2 is 1.60 bits per heavy atom. The average molecular weight is 264 g/mol. The Bertz CT molecular complexity index is 713. The molecule has 3 rings (SSSR count). The number of allylic oxidation sites excluding steroid dienone is 1. The van der Waals surface area contributed by atoms with E-state index in [9.17, 15) is 9.90 Å². The molecular weight excluding hydrogens is 248 g/mol. The Kier molecular flexibility index (Phi) is 2.75. The molecule has 20 heavy (non-hydrogen) atoms. The van der Waals surface area contributed by atoms with E-state index < -0.39 is 5.41 Å². The minimum Gasteiger partial charge on any atom is -0.507 e. The van der Waals surface area contributed by atoms with Crippen LogP contribution < -0.4 is 0 Å². The van der Waals surface area contributed by atoms with E-state index in [1.807, 2.05) is 61.5 Å². The van der Waals surface area contributed by atoms with Crippen molar-refractivity contribution in [3.63, 3.8) is 0 Å². The molecule has 0 fully saturated rings. The monoisotopic (exact) mass is 264 g/mol. The minimum atomic E-state index is -0.590. The molecule has 0 radical (unpaired) electrons. The number of fused-ring (bicyclic) bond motifs is 1. The lowest BCUT2D eigenvalue weighted by atomic mass is 9.72. The summed E-state index contributed by atoms with van der Waals surface area (Å²) in [4.78, 5) is 12.1. The third-order valence-electron chi connectivity index (χ3n) is 4.16. The number of ketones is 1. The lowest BCUT2D eigenvalue weighted by Gasteiger charge is -2.28. The van der Waals surface area contributed by atoms with Crippen LogP contribution in [0.25, 0.3) is 5.76 Å². The molecule has 2 heteroatoms. The molecule has 2 nitrogen and oxygen atoms in total. The summed E-state index contributed by atoms with van der Waals surface area (Å²) >= 11 is 0. The molecule has 0 saturated carbocycles. The predicted octanol–water partition coefficient (Wildman–Crippen LogP) is 3.86. The number of benzene rings is 2. The van der Waals surface area contributed by atoms with Gasteiger partial charge in [-0.15, -0.1) is 0 Å². The number of carbonyl (C=O) groups excluding carboxylic acids is 1. The van der Waals surface area contributed by atoms with Gasteiger partial charge in [0.25, 0.3) is 0 Å². The number of rotatable bonds is 2. The zero-order valence-corrected chi connectivity index (χ0v) is 11.6. The number of aliphatic hydroxyl groups excluding tert-OH is 1. The molecular formula is C18H16O2. The van der Waals surface area contributed by atoms with Crippen LogP contribution >= 0.6 is 0 Å². The van der Waals surface area contributed by atoms with Crippen molar-refractivity contribution < 1.29 is 9.90 Å². The van der Waals surface area contributed by atoms with E-state index in [4.69, 9.17) is 0 Å². The van der Waals surface area contributed by atoms with Crippen LogP contribution in [0.2, 0.25) is 0 Å². The first-order valence-corrected chi connectivity index (χ1v) is 6.67. The van der Waals surface area contributed by atoms with Gasteiger partial charge in [0.2, 0.25) is 0 Å². The molecule has 1 unspecified atom stereocenters. The Balaban J connectivity index is 2.36. The molecule has 0 aliphatic heterocycles. The summed E-state index contributed by atoms with van der Waals surface area (Å²) in [5, 5.41) is 10.5. The van der Waals surface area contributed by atoms with Crippen molar-refractivity contribution >= 4 is 11.5 Å². The largest absolute Gasteiger partial charge is 0.507 e. The van der Waals surface area contributed by atoms with Crippen LogP contribution in [0.5, 0.6) is 0 Å². The van der Waals surface area contributed by atoms with Gasteiger partial charge < -0.3 is 5.11 Å². The van der Waals surface area contributed by atoms with E-state index in [0.717, 1.165) is 16.7 Å². The molecule has 1 aliphatic rings. The lowest BCUT2D eigenvalue weighted by molar-refractivity contribution is -0.114. The van der Waals surface area contributed by atoms with Crippen LogP contribution in [0.4, 0.5) is 0 Å². The van der Waals surface area contributed by atoms with Gasteiger partial charge in [0.15, 0.2) is 5.78 Å². The summed E-state index contributed by atoms with van der Waals surface area (Å²) in [6, 6.07) is 17.5. The number of carbonyl (C=O) groups is 1. The third-order valence-corrected chi connectivity index (χ3v) is 4.16. The van der Waals surface area contributed by atoms with Gasteiger partial charge in [-0.1, -0.05) is 54.6 Å². The van der Waals surface area contributed by atoms with E-state index in [2.05, 4.69) is 0 Å². The highest BCUT2D eigenvalue weighted by Crippen LogP contribution is 2.49. The van der Waals surface area contributed by atoms with Gasteiger partial charge in [-0.05, 0) is 25.0 Å². The summed E-state index contributed by atoms with van der Waals surface area (Å²) in [5.41, 5.74) is 2.64. The van der Waals surface area contributed by atoms with Gasteiger partial charge in [-0.25, -0.2) is 0 Å². The highest BCUT2D eigenvalue weighted by Gasteiger charge is 2.44. The van der Waals surface area contributed by atoms with E-state index >= 15 is 0 Å². The fourth-order valence-electron chi connectivity index (χ4n) is 3.22. The van der Waals surface area contributed by atoms with Gasteiger partial charge >= 0.3 is 0 Å². The minimum absolute atomic E-state index is 0.0925. The van der Waals surface area contributed by atoms with Crippen molar-refractivity contribution in [2.24, 2.45) is 0 Å². The number of aliphatic hydroxyl groups is 1. The topological polar surface area (TPSA) is 37.3 Å². The summed E-state index contributed by atoms with van der Waals surface area (Å²) < 4.78 is 0. The Hall–Kier alpha value is -2.35. The normalized spacial score (nSPS) is 20.9. The number of hydrogen-bond donors (Lipinski definition) is 1. The zero-order valence-electron chi connectivity index (χ0n) is 11.6. The van der Waals surface area contributed by atoms with E-state index in [1.165, 1.54) is 6.92 Å². The molecule has 0 aromatic heterocycles. The second kappa shape index (κ2) is 4.34. The van der Waals surface area contributed by atoms with E-state index in [1.54, 1.807) is 0 Å². The molecule has 2 aromatic rings. The summed E-state index contributed by atoms with van der Waals surface area (Å²) in [6.45, 7) is 3.51. The number of Topliss-reactive ketones (excluding diaryl/α,β-unsaturated/α-hetero) is 1. The second-order valence-corrected chi connectivity index (χ2v) is 5.32. The summed E-state index contributed by atoms with van der Waals surface area (Å²) in [7, 11) is 0. The smallest absolute Gasteiger partial charge is 0.160 e. The Morgan fingerprint density at radius 3 is 2.25 bits per heavy atom. The molecule has 0 heterocycles. The molecule has 2 aromatic carbocycles. The maximum Gasteiger partial charge on any atom is 0.160 e. The third kappa shape index (κ3) is 1.54. The quantitative estimate of drug-likeness (QED) is 0.894. The SMILES string of the molecule is CC(=O)C1=C(O)c2ccccc2C1(C)c1ccccc1. The van der Waals surface area contributed by atoms with E-state index in [-0.39, 0.29) is 11.5 Å². The van der Waals surface area contributed by atoms with Crippen LogP contribution in [0.15, 0.2) is 60.2 Å². The van der Waals surface area contributed by atoms with E-state index in [0.29, 0.717) is 5.57 Å². The van der Waals surface area contributed by atoms with Gasteiger partial charge in [0, 0.05) is 5.56 Å². The van der Waals surface area contributed by atoms with Crippen LogP contribution in [-0.2, 0) is 10.2 Å². The van der Waals surface area contributed by atoms with Crippen molar-refractivity contribution in [2.45, 2.75) is 19.3 Å². The Morgan fingerprint density at radius 1 is 1.00 bits per heavy atom. The van der Waals surface area contributed by atoms with Crippen LogP contribution in [0, 0.1) is 0 Å². The first kappa shape index (κ1) is 12.7. The van der Waals surface area contributed by atoms with Gasteiger partial charge in [0.05, 0.1) is 11.0 Å². The Labute approximate surface area is 118 Å². The molecule has 0 amide bonds. The van der Waals surface area contributed by atoms with Crippen molar-refractivity contribution in [3.8, 4) is 0 Å². The first-order chi connectivity index (χ1) is 9.56. The van der Waals surface area contributed by atoms with Gasteiger partial charge in [-0.2, -0.15) is 0 Å². The predicted molar refractivity (Wildman–Crippen MR) is 79.6 cm³/mol. The first-order valence-electron chi connectivity index (χ1n) is 6.67. The van der Waals surface area contributed by atoms with Gasteiger partial charge in [0.1, 0.15) is 5.76 Å². The molecule has 1 aliphatic carbocycles. The van der Waals surface area contributed by atoms with Crippen molar-refractivity contribution in [1.29, 1.82) is 0 Å². The summed E-state index contributed by atoms with van der Waals surface area (Å²) in [6.07, 6.45) is 0. The molecule has 0 bridgehead atoms. The molecule has 1 N–H and O–H groups in total. The second-order valence-electron chi connectivity index (χ2n) is 5.32. The molecule has 0 saturated heterocycles. The van der Waals surface area contributed by atoms with Crippen molar-refractivity contribution in [3.05, 3.63) is 76.9 Å². The fourth-order valence-corrected chi connectivity index (χ4v) is 3.22. The standard InChI is InChI=1S/C18H16O2/c1-12(19)16-17(20)14-10-6-7-11-15(14)18(16,2)13-8-4-3-5-9-13/h3-11,20H,1-2H3. The lowest BCUT2D eigenvalue weighted by Crippen LogP contribution is -2.27. The maximum atomic E-state index is 12.1. The zero-order chi connectivity index (χ0) is 14.3. The van der Waals surface area contributed by atoms with Crippen LogP contribution in [-0.4, -0.2) is 10.9 Å². The summed E-state index contributed by atoms with van der Waals surface area (Å²) in [5.74, 6) is 0.0181. The maximum absolute atomic E-state index is 12.1. The highest BCUT2D eigenvalue weighted by atomic mass is 16.3. The highest BCUT2D eigenvalue weighted by molar-refractivity contribution is 6.06. The molecule has 1 atom stereocenters. The van der Waals surface area contributed by atoms with Crippen molar-refractivity contribution in [2.75, 3.05) is 0 Å². The average Bonchev–Trinajstić information content (AvgIpc) is 2.70.